The molecule has 0 aliphatic heterocycles. The largest absolute Gasteiger partial charge is 0.507 e. The van der Waals surface area contributed by atoms with Crippen LogP contribution in [0.5, 0.6) is 17.2 Å². The van der Waals surface area contributed by atoms with Gasteiger partial charge in [0.25, 0.3) is 0 Å². The molecule has 0 aromatic heterocycles. The second-order valence-corrected chi connectivity index (χ2v) is 13.2. The van der Waals surface area contributed by atoms with Crippen molar-refractivity contribution >= 4 is 29.2 Å². The summed E-state index contributed by atoms with van der Waals surface area (Å²) in [5.41, 5.74) is -4.54. The van der Waals surface area contributed by atoms with Crippen LogP contribution in [-0.2, 0) is 30.3 Å². The van der Waals surface area contributed by atoms with Crippen LogP contribution in [0.3, 0.4) is 0 Å². The number of unbranched alkanes of at least 4 members (excludes halogenated alkanes) is 1. The summed E-state index contributed by atoms with van der Waals surface area (Å²) >= 11 is 0. The van der Waals surface area contributed by atoms with Crippen molar-refractivity contribution in [3.05, 3.63) is 51.6 Å². The number of methoxy groups -OCH3 is 1. The number of phenols is 2. The van der Waals surface area contributed by atoms with Gasteiger partial charge in [0.2, 0.25) is 11.6 Å². The number of aromatic hydroxyl groups is 2. The predicted molar refractivity (Wildman–Crippen MR) is 168 cm³/mol. The molecule has 0 saturated heterocycles. The number of alkyl halides is 3. The minimum absolute atomic E-state index is 0.00643. The lowest BCUT2D eigenvalue weighted by molar-refractivity contribution is -0.177. The highest BCUT2D eigenvalue weighted by molar-refractivity contribution is 6.31. The predicted octanol–water partition coefficient (Wildman–Crippen LogP) is 3.13. The summed E-state index contributed by atoms with van der Waals surface area (Å²) in [4.78, 5) is 65.1. The van der Waals surface area contributed by atoms with Gasteiger partial charge in [0.05, 0.1) is 48.2 Å². The number of ketones is 3. The van der Waals surface area contributed by atoms with E-state index in [1.165, 1.54) is 32.2 Å². The minimum Gasteiger partial charge on any atom is -0.507 e. The van der Waals surface area contributed by atoms with Gasteiger partial charge in [0.1, 0.15) is 22.8 Å². The van der Waals surface area contributed by atoms with Gasteiger partial charge in [-0.15, -0.1) is 0 Å². The lowest BCUT2D eigenvalue weighted by Gasteiger charge is -2.43. The molecule has 5 N–H and O–H groups in total. The van der Waals surface area contributed by atoms with Gasteiger partial charge in [-0.2, -0.15) is 13.2 Å². The number of fused-ring (bicyclic) bond motifs is 3. The zero-order valence-corrected chi connectivity index (χ0v) is 28.0. The molecule has 1 fully saturated rings. The first-order valence-electron chi connectivity index (χ1n) is 16.4. The van der Waals surface area contributed by atoms with Gasteiger partial charge < -0.3 is 40.0 Å². The fourth-order valence-electron chi connectivity index (χ4n) is 7.13. The van der Waals surface area contributed by atoms with Crippen molar-refractivity contribution in [3.8, 4) is 17.2 Å². The molecule has 6 atom stereocenters. The Morgan fingerprint density at radius 3 is 2.37 bits per heavy atom. The van der Waals surface area contributed by atoms with Crippen molar-refractivity contribution in [1.82, 2.24) is 5.32 Å². The molecule has 1 amide bonds. The summed E-state index contributed by atoms with van der Waals surface area (Å²) in [6, 6.07) is 2.75. The fraction of sp³-hybridized carbons (Fsp3) is 0.514. The first-order chi connectivity index (χ1) is 23.9. The van der Waals surface area contributed by atoms with Gasteiger partial charge in [0, 0.05) is 36.0 Å². The van der Waals surface area contributed by atoms with Crippen LogP contribution in [0.4, 0.5) is 13.2 Å². The standard InChI is InChI=1S/C35H38F3NO12/c1-4-5-9-23(41)50-14-22(40)34(48)12-18-25(21(13-34)51-16-10-15(2)28(42)19(11-16)39-33(47)35(36,37)38)32(46)27-26(30(18)44)29(43)17-7-6-8-20(49-3)24(17)31(27)45/h6-8,15-16,19,21,28,42,44,46,48H,4-5,9-14H2,1-3H3,(H,39,47)/t15-,16-,19+,21+,28-,34+/m1/s1. The van der Waals surface area contributed by atoms with E-state index in [0.717, 1.165) is 0 Å². The number of rotatable bonds is 10. The maximum Gasteiger partial charge on any atom is 0.471 e. The number of halogens is 3. The number of esters is 1. The number of carbonyl (C=O) groups excluding carboxylic acids is 5. The Hall–Kier alpha value is -4.54. The maximum absolute atomic E-state index is 13.9. The van der Waals surface area contributed by atoms with Crippen LogP contribution in [-0.4, -0.2) is 93.4 Å². The van der Waals surface area contributed by atoms with Crippen molar-refractivity contribution in [2.75, 3.05) is 13.7 Å². The molecule has 13 nitrogen and oxygen atoms in total. The number of hydrogen-bond donors (Lipinski definition) is 5. The summed E-state index contributed by atoms with van der Waals surface area (Å²) < 4.78 is 55.9. The van der Waals surface area contributed by atoms with Crippen molar-refractivity contribution in [1.29, 1.82) is 0 Å². The maximum atomic E-state index is 13.9. The van der Waals surface area contributed by atoms with E-state index in [1.807, 2.05) is 6.92 Å². The smallest absolute Gasteiger partial charge is 0.471 e. The van der Waals surface area contributed by atoms with Crippen LogP contribution in [0.25, 0.3) is 0 Å². The second-order valence-electron chi connectivity index (χ2n) is 13.2. The van der Waals surface area contributed by atoms with Gasteiger partial charge in [-0.3, -0.25) is 24.0 Å². The summed E-state index contributed by atoms with van der Waals surface area (Å²) in [5, 5.41) is 47.5. The van der Waals surface area contributed by atoms with Gasteiger partial charge in [-0.05, 0) is 31.2 Å². The van der Waals surface area contributed by atoms with E-state index in [-0.39, 0.29) is 47.3 Å². The Kier molecular flexibility index (Phi) is 10.5. The molecule has 3 aliphatic carbocycles. The van der Waals surface area contributed by atoms with E-state index in [1.54, 1.807) is 5.32 Å². The monoisotopic (exact) mass is 721 g/mol. The molecule has 0 heterocycles. The van der Waals surface area contributed by atoms with Crippen LogP contribution in [0.15, 0.2) is 18.2 Å². The number of aliphatic hydroxyl groups is 2. The molecular formula is C35H38F3NO12. The van der Waals surface area contributed by atoms with Crippen molar-refractivity contribution in [2.45, 2.75) is 94.9 Å². The van der Waals surface area contributed by atoms with Gasteiger partial charge in [0.15, 0.2) is 12.4 Å². The number of ether oxygens (including phenoxy) is 3. The Balaban J connectivity index is 1.58. The van der Waals surface area contributed by atoms with Crippen LogP contribution in [0.1, 0.15) is 101 Å². The van der Waals surface area contributed by atoms with E-state index < -0.39 is 113 Å². The molecule has 2 aromatic rings. The summed E-state index contributed by atoms with van der Waals surface area (Å²) in [6.45, 7) is 2.47. The third-order valence-corrected chi connectivity index (χ3v) is 9.77. The molecular weight excluding hydrogens is 683 g/mol. The molecule has 0 radical (unpaired) electrons. The van der Waals surface area contributed by atoms with Gasteiger partial charge in [-0.25, -0.2) is 0 Å². The van der Waals surface area contributed by atoms with E-state index in [4.69, 9.17) is 14.2 Å². The van der Waals surface area contributed by atoms with Crippen LogP contribution >= 0.6 is 0 Å². The number of carbonyl (C=O) groups is 5. The number of aliphatic hydroxyl groups excluding tert-OH is 1. The zero-order valence-electron chi connectivity index (χ0n) is 28.0. The van der Waals surface area contributed by atoms with Crippen molar-refractivity contribution in [2.24, 2.45) is 5.92 Å². The van der Waals surface area contributed by atoms with E-state index >= 15 is 0 Å². The minimum atomic E-state index is -5.25. The Morgan fingerprint density at radius 2 is 1.73 bits per heavy atom. The van der Waals surface area contributed by atoms with E-state index in [2.05, 4.69) is 0 Å². The topological polar surface area (TPSA) is 206 Å². The fourth-order valence-corrected chi connectivity index (χ4v) is 7.13. The first-order valence-corrected chi connectivity index (χ1v) is 16.4. The Morgan fingerprint density at radius 1 is 1.04 bits per heavy atom. The number of benzene rings is 2. The van der Waals surface area contributed by atoms with Crippen molar-refractivity contribution < 1.29 is 71.8 Å². The normalized spacial score (nSPS) is 25.7. The summed E-state index contributed by atoms with van der Waals surface area (Å²) in [5.74, 6) is -8.10. The number of amides is 1. The van der Waals surface area contributed by atoms with Gasteiger partial charge >= 0.3 is 18.1 Å². The summed E-state index contributed by atoms with van der Waals surface area (Å²) in [6.07, 6.45) is -9.83. The number of Topliss-reactive ketones (excluding diaryl/α,β-unsaturated/α-hetero) is 1. The SMILES string of the molecule is CCCCC(=O)OCC(=O)[C@]1(O)Cc2c(O)c3c(c(O)c2[C@@H](O[C@@H]2C[C@@H](C)[C@@H](O)[C@@H](NC(=O)C(F)(F)F)C2)C1)C(=O)c1c(OC)cccc1C3=O. The first kappa shape index (κ1) is 37.7. The molecule has 1 saturated carbocycles. The quantitative estimate of drug-likeness (QED) is 0.151. The molecule has 51 heavy (non-hydrogen) atoms. The van der Waals surface area contributed by atoms with Crippen molar-refractivity contribution in [3.63, 3.8) is 0 Å². The van der Waals surface area contributed by atoms with E-state index in [0.29, 0.717) is 12.8 Å². The number of nitrogens with one attached hydrogen (secondary N) is 1. The lowest BCUT2D eigenvalue weighted by atomic mass is 9.71. The van der Waals surface area contributed by atoms with Crippen LogP contribution in [0, 0.1) is 5.92 Å². The second kappa shape index (κ2) is 14.2. The molecule has 3 aliphatic rings. The Labute approximate surface area is 289 Å². The third kappa shape index (κ3) is 7.04. The highest BCUT2D eigenvalue weighted by Crippen LogP contribution is 2.52. The molecule has 0 unspecified atom stereocenters. The molecule has 16 heteroatoms. The molecule has 5 rings (SSSR count). The number of phenolic OH excluding ortho intramolecular Hbond substituents is 2. The average Bonchev–Trinajstić information content (AvgIpc) is 3.07. The Bertz CT molecular complexity index is 1780. The molecule has 2 aromatic carbocycles. The van der Waals surface area contributed by atoms with Crippen LogP contribution < -0.4 is 10.1 Å². The average molecular weight is 722 g/mol. The lowest BCUT2D eigenvalue weighted by Crippen LogP contribution is -2.55. The number of hydrogen-bond acceptors (Lipinski definition) is 12. The van der Waals surface area contributed by atoms with Crippen LogP contribution in [0.2, 0.25) is 0 Å². The third-order valence-electron chi connectivity index (χ3n) is 9.77. The molecule has 276 valence electrons. The zero-order chi connectivity index (χ0) is 37.6. The highest BCUT2D eigenvalue weighted by atomic mass is 19.4. The van der Waals surface area contributed by atoms with Gasteiger partial charge in [-0.1, -0.05) is 32.4 Å². The molecule has 0 bridgehead atoms. The van der Waals surface area contributed by atoms with E-state index in [9.17, 15) is 57.6 Å². The highest BCUT2D eigenvalue weighted by Gasteiger charge is 2.51. The molecule has 0 spiro atoms. The summed E-state index contributed by atoms with van der Waals surface area (Å²) in [7, 11) is 1.27.